The lowest BCUT2D eigenvalue weighted by atomic mass is 9.95. The van der Waals surface area contributed by atoms with Gasteiger partial charge in [0.25, 0.3) is 0 Å². The van der Waals surface area contributed by atoms with Crippen molar-refractivity contribution < 1.29 is 28.8 Å². The fourth-order valence-electron chi connectivity index (χ4n) is 3.75. The van der Waals surface area contributed by atoms with Gasteiger partial charge >= 0.3 is 5.97 Å². The number of ether oxygens (including phenoxy) is 4. The van der Waals surface area contributed by atoms with E-state index in [0.717, 1.165) is 11.3 Å². The van der Waals surface area contributed by atoms with Gasteiger partial charge in [0.1, 0.15) is 18.1 Å². The Bertz CT molecular complexity index is 1070. The van der Waals surface area contributed by atoms with E-state index in [1.165, 1.54) is 0 Å². The Hall–Kier alpha value is -3.68. The Kier molecular flexibility index (Phi) is 5.46. The quantitative estimate of drug-likeness (QED) is 0.735. The molecule has 0 spiro atoms. The zero-order valence-electron chi connectivity index (χ0n) is 17.6. The Morgan fingerprint density at radius 3 is 2.42 bits per heavy atom. The summed E-state index contributed by atoms with van der Waals surface area (Å²) in [5.41, 5.74) is 3.43. The van der Waals surface area contributed by atoms with Crippen molar-refractivity contribution in [3.63, 3.8) is 0 Å². The fourth-order valence-corrected chi connectivity index (χ4v) is 3.75. The van der Waals surface area contributed by atoms with E-state index in [2.05, 4.69) is 0 Å². The lowest BCUT2D eigenvalue weighted by molar-refractivity contribution is -0.142. The maximum absolute atomic E-state index is 11.0. The van der Waals surface area contributed by atoms with Crippen molar-refractivity contribution in [3.05, 3.63) is 47.0 Å². The second kappa shape index (κ2) is 8.22. The number of aliphatic carboxylic acids is 1. The number of nitrogens with one attached hydrogen (secondary N) is 1. The highest BCUT2D eigenvalue weighted by molar-refractivity contribution is 6.16. The van der Waals surface area contributed by atoms with Crippen LogP contribution in [0, 0.1) is 11.3 Å². The number of rotatable bonds is 6. The number of fused-ring (bicyclic) bond motifs is 1. The molecule has 2 N–H and O–H groups in total. The molecule has 2 aromatic carbocycles. The zero-order chi connectivity index (χ0) is 22.1. The van der Waals surface area contributed by atoms with Gasteiger partial charge in [0, 0.05) is 47.6 Å². The molecule has 0 aromatic heterocycles. The van der Waals surface area contributed by atoms with Crippen molar-refractivity contribution in [2.45, 2.75) is 0 Å². The van der Waals surface area contributed by atoms with Crippen LogP contribution in [0.15, 0.2) is 35.9 Å². The number of methoxy groups -OCH3 is 3. The Labute approximate surface area is 180 Å². The van der Waals surface area contributed by atoms with Gasteiger partial charge in [0.2, 0.25) is 0 Å². The lowest BCUT2D eigenvalue weighted by Gasteiger charge is -2.39. The molecule has 0 saturated carbocycles. The third-order valence-electron chi connectivity index (χ3n) is 5.60. The van der Waals surface area contributed by atoms with E-state index in [9.17, 15) is 4.79 Å². The predicted octanol–water partition coefficient (Wildman–Crippen LogP) is 3.08. The Morgan fingerprint density at radius 2 is 1.77 bits per heavy atom. The summed E-state index contributed by atoms with van der Waals surface area (Å²) >= 11 is 0. The van der Waals surface area contributed by atoms with Crippen molar-refractivity contribution in [2.24, 2.45) is 5.92 Å². The molecule has 4 rings (SSSR count). The average molecular weight is 424 g/mol. The van der Waals surface area contributed by atoms with Gasteiger partial charge in [-0.25, -0.2) is 0 Å². The highest BCUT2D eigenvalue weighted by atomic mass is 16.5. The molecule has 0 unspecified atom stereocenters. The molecular weight excluding hydrogens is 400 g/mol. The van der Waals surface area contributed by atoms with E-state index in [0.29, 0.717) is 52.9 Å². The first-order valence-electron chi connectivity index (χ1n) is 9.79. The molecule has 0 radical (unpaired) electrons. The molecular formula is C23H24N2O6. The summed E-state index contributed by atoms with van der Waals surface area (Å²) in [7, 11) is 4.71. The number of hydrogen-bond donors (Lipinski definition) is 2. The molecule has 162 valence electrons. The number of carbonyl (C=O) groups is 1. The second-order valence-corrected chi connectivity index (χ2v) is 7.40. The van der Waals surface area contributed by atoms with E-state index in [-0.39, 0.29) is 12.5 Å². The lowest BCUT2D eigenvalue weighted by Crippen LogP contribution is -2.50. The van der Waals surface area contributed by atoms with Crippen molar-refractivity contribution >= 4 is 23.4 Å². The van der Waals surface area contributed by atoms with Crippen molar-refractivity contribution in [3.8, 4) is 23.0 Å². The van der Waals surface area contributed by atoms with E-state index in [1.807, 2.05) is 29.2 Å². The van der Waals surface area contributed by atoms with Crippen LogP contribution in [0.4, 0.5) is 5.69 Å². The number of anilines is 1. The third-order valence-corrected chi connectivity index (χ3v) is 5.60. The van der Waals surface area contributed by atoms with E-state index < -0.39 is 5.97 Å². The van der Waals surface area contributed by atoms with Gasteiger partial charge in [0.15, 0.2) is 11.5 Å². The third kappa shape index (κ3) is 3.76. The average Bonchev–Trinajstić information content (AvgIpc) is 2.74. The summed E-state index contributed by atoms with van der Waals surface area (Å²) in [5.74, 6) is 1.25. The van der Waals surface area contributed by atoms with Crippen LogP contribution >= 0.6 is 0 Å². The van der Waals surface area contributed by atoms with Gasteiger partial charge in [-0.05, 0) is 24.3 Å². The predicted molar refractivity (Wildman–Crippen MR) is 116 cm³/mol. The summed E-state index contributed by atoms with van der Waals surface area (Å²) in [6.07, 6.45) is 1.85. The Morgan fingerprint density at radius 1 is 1.10 bits per heavy atom. The SMILES string of the molecule is COc1cc(OC)c(OC)cc1/C=C1/COc2cc(N3CC(C(=O)O)C3)ccc2C1=N. The maximum atomic E-state index is 11.0. The van der Waals surface area contributed by atoms with Crippen LogP contribution in [-0.2, 0) is 4.79 Å². The summed E-state index contributed by atoms with van der Waals surface area (Å²) in [6.45, 7) is 1.20. The molecule has 0 amide bonds. The Balaban J connectivity index is 1.60. The molecule has 2 aromatic rings. The molecule has 0 atom stereocenters. The summed E-state index contributed by atoms with van der Waals surface area (Å²) in [6, 6.07) is 9.17. The summed E-state index contributed by atoms with van der Waals surface area (Å²) in [4.78, 5) is 13.0. The molecule has 2 aliphatic rings. The van der Waals surface area contributed by atoms with E-state index >= 15 is 0 Å². The maximum Gasteiger partial charge on any atom is 0.310 e. The zero-order valence-corrected chi connectivity index (χ0v) is 17.6. The molecule has 31 heavy (non-hydrogen) atoms. The van der Waals surface area contributed by atoms with Crippen LogP contribution in [0.5, 0.6) is 23.0 Å². The normalized spacial score (nSPS) is 16.9. The summed E-state index contributed by atoms with van der Waals surface area (Å²) in [5, 5.41) is 17.7. The van der Waals surface area contributed by atoms with E-state index in [1.54, 1.807) is 33.5 Å². The largest absolute Gasteiger partial charge is 0.496 e. The number of carboxylic acids is 1. The molecule has 2 aliphatic heterocycles. The van der Waals surface area contributed by atoms with Gasteiger partial charge in [0.05, 0.1) is 33.0 Å². The number of benzene rings is 2. The molecule has 2 heterocycles. The van der Waals surface area contributed by atoms with Crippen LogP contribution in [-0.4, -0.2) is 57.8 Å². The van der Waals surface area contributed by atoms with Crippen molar-refractivity contribution in [2.75, 3.05) is 45.9 Å². The number of hydrogen-bond acceptors (Lipinski definition) is 7. The molecule has 8 heteroatoms. The van der Waals surface area contributed by atoms with Crippen molar-refractivity contribution in [1.82, 2.24) is 0 Å². The van der Waals surface area contributed by atoms with Crippen molar-refractivity contribution in [1.29, 1.82) is 5.41 Å². The monoisotopic (exact) mass is 424 g/mol. The first-order valence-corrected chi connectivity index (χ1v) is 9.79. The van der Waals surface area contributed by atoms with Gasteiger partial charge in [-0.2, -0.15) is 0 Å². The highest BCUT2D eigenvalue weighted by Gasteiger charge is 2.33. The van der Waals surface area contributed by atoms with Crippen LogP contribution in [0.2, 0.25) is 0 Å². The molecule has 8 nitrogen and oxygen atoms in total. The smallest absolute Gasteiger partial charge is 0.310 e. The topological polar surface area (TPSA) is 101 Å². The summed E-state index contributed by atoms with van der Waals surface area (Å²) < 4.78 is 22.1. The van der Waals surface area contributed by atoms with Gasteiger partial charge in [-0.15, -0.1) is 0 Å². The van der Waals surface area contributed by atoms with E-state index in [4.69, 9.17) is 29.5 Å². The number of nitrogens with zero attached hydrogens (tertiary/aromatic N) is 1. The standard InChI is InChI=1S/C23H24N2O6/c1-28-18-9-21(30-3)20(29-2)7-13(18)6-14-12-31-19-8-16(4-5-17(19)22(14)24)25-10-15(11-25)23(26)27/h4-9,15,24H,10-12H2,1-3H3,(H,26,27)/b14-6-,24-22?. The number of carboxylic acid groups (broad SMARTS) is 1. The molecule has 0 bridgehead atoms. The van der Waals surface area contributed by atoms with Gasteiger partial charge < -0.3 is 29.0 Å². The van der Waals surface area contributed by atoms with Crippen LogP contribution in [0.3, 0.4) is 0 Å². The van der Waals surface area contributed by atoms with Crippen LogP contribution in [0.1, 0.15) is 11.1 Å². The van der Waals surface area contributed by atoms with Crippen LogP contribution < -0.4 is 23.8 Å². The first-order chi connectivity index (χ1) is 14.9. The van der Waals surface area contributed by atoms with Gasteiger partial charge in [-0.3, -0.25) is 10.2 Å². The molecule has 0 aliphatic carbocycles. The second-order valence-electron chi connectivity index (χ2n) is 7.40. The fraction of sp³-hybridized carbons (Fsp3) is 0.304. The highest BCUT2D eigenvalue weighted by Crippen LogP contribution is 2.38. The van der Waals surface area contributed by atoms with Gasteiger partial charge in [-0.1, -0.05) is 0 Å². The minimum Gasteiger partial charge on any atom is -0.496 e. The minimum atomic E-state index is -0.771. The molecule has 1 saturated heterocycles. The minimum absolute atomic E-state index is 0.241. The first kappa shape index (κ1) is 20.6. The van der Waals surface area contributed by atoms with Crippen LogP contribution in [0.25, 0.3) is 6.08 Å². The molecule has 1 fully saturated rings.